The first-order valence-electron chi connectivity index (χ1n) is 7.35. The zero-order valence-corrected chi connectivity index (χ0v) is 13.7. The summed E-state index contributed by atoms with van der Waals surface area (Å²) in [5, 5.41) is 3.47. The molecule has 0 fully saturated rings. The predicted molar refractivity (Wildman–Crippen MR) is 86.6 cm³/mol. The lowest BCUT2D eigenvalue weighted by molar-refractivity contribution is 0.301. The van der Waals surface area contributed by atoms with Gasteiger partial charge in [0.25, 0.3) is 0 Å². The fourth-order valence-electron chi connectivity index (χ4n) is 1.91. The lowest BCUT2D eigenvalue weighted by Crippen LogP contribution is -2.35. The van der Waals surface area contributed by atoms with E-state index in [-0.39, 0.29) is 5.54 Å². The molecule has 1 aromatic rings. The van der Waals surface area contributed by atoms with Crippen molar-refractivity contribution in [1.82, 2.24) is 15.2 Å². The van der Waals surface area contributed by atoms with Crippen LogP contribution in [0.3, 0.4) is 0 Å². The molecule has 1 heterocycles. The molecular formula is C17H29N3. The number of hydrogen-bond donors (Lipinski definition) is 1. The highest BCUT2D eigenvalue weighted by molar-refractivity contribution is 5.14. The average molecular weight is 275 g/mol. The molecule has 0 aliphatic carbocycles. The molecule has 3 heteroatoms. The third kappa shape index (κ3) is 6.83. The maximum atomic E-state index is 4.56. The first kappa shape index (κ1) is 16.9. The van der Waals surface area contributed by atoms with Crippen LogP contribution in [-0.2, 0) is 13.1 Å². The van der Waals surface area contributed by atoms with Crippen LogP contribution in [0, 0.1) is 0 Å². The third-order valence-electron chi connectivity index (χ3n) is 3.04. The fourth-order valence-corrected chi connectivity index (χ4v) is 1.91. The van der Waals surface area contributed by atoms with E-state index in [1.54, 1.807) is 0 Å². The molecular weight excluding hydrogens is 246 g/mol. The van der Waals surface area contributed by atoms with Gasteiger partial charge in [0.1, 0.15) is 0 Å². The Morgan fingerprint density at radius 2 is 2.05 bits per heavy atom. The van der Waals surface area contributed by atoms with E-state index >= 15 is 0 Å². The molecule has 0 spiro atoms. The van der Waals surface area contributed by atoms with Gasteiger partial charge in [-0.1, -0.05) is 25.1 Å². The molecule has 1 aromatic heterocycles. The predicted octanol–water partition coefficient (Wildman–Crippen LogP) is 3.37. The maximum Gasteiger partial charge on any atom is 0.0544 e. The summed E-state index contributed by atoms with van der Waals surface area (Å²) in [5.41, 5.74) is 3.68. The molecule has 112 valence electrons. The average Bonchev–Trinajstić information content (AvgIpc) is 2.35. The van der Waals surface area contributed by atoms with Crippen LogP contribution in [0.5, 0.6) is 0 Å². The Morgan fingerprint density at radius 1 is 1.35 bits per heavy atom. The van der Waals surface area contributed by atoms with Crippen molar-refractivity contribution in [3.8, 4) is 0 Å². The van der Waals surface area contributed by atoms with Crippen molar-refractivity contribution < 1.29 is 0 Å². The van der Waals surface area contributed by atoms with Crippen molar-refractivity contribution in [2.75, 3.05) is 13.1 Å². The largest absolute Gasteiger partial charge is 0.308 e. The number of nitrogens with zero attached hydrogens (tertiary/aromatic N) is 2. The zero-order chi connectivity index (χ0) is 15.2. The van der Waals surface area contributed by atoms with Crippen molar-refractivity contribution >= 4 is 0 Å². The van der Waals surface area contributed by atoms with E-state index in [0.29, 0.717) is 0 Å². The standard InChI is InChI=1S/C17H29N3/c1-7-20(12-14(2)3)13-16-9-8-15(10-18-16)11-19-17(4,5)6/h8-10,19H,2,7,11-13H2,1,3-6H3. The molecule has 0 bridgehead atoms. The van der Waals surface area contributed by atoms with Gasteiger partial charge in [-0.3, -0.25) is 9.88 Å². The van der Waals surface area contributed by atoms with E-state index in [1.165, 1.54) is 11.1 Å². The minimum absolute atomic E-state index is 0.138. The number of rotatable bonds is 7. The molecule has 0 saturated heterocycles. The molecule has 20 heavy (non-hydrogen) atoms. The molecule has 0 aliphatic heterocycles. The second-order valence-corrected chi connectivity index (χ2v) is 6.52. The third-order valence-corrected chi connectivity index (χ3v) is 3.04. The smallest absolute Gasteiger partial charge is 0.0544 e. The second-order valence-electron chi connectivity index (χ2n) is 6.52. The van der Waals surface area contributed by atoms with Crippen molar-refractivity contribution in [1.29, 1.82) is 0 Å². The number of pyridine rings is 1. The van der Waals surface area contributed by atoms with E-state index in [1.807, 2.05) is 6.20 Å². The second kappa shape index (κ2) is 7.55. The Balaban J connectivity index is 2.55. The van der Waals surface area contributed by atoms with E-state index < -0.39 is 0 Å². The highest BCUT2D eigenvalue weighted by Gasteiger charge is 2.09. The van der Waals surface area contributed by atoms with E-state index in [4.69, 9.17) is 0 Å². The van der Waals surface area contributed by atoms with Gasteiger partial charge in [0.2, 0.25) is 0 Å². The molecule has 0 radical (unpaired) electrons. The summed E-state index contributed by atoms with van der Waals surface area (Å²) >= 11 is 0. The summed E-state index contributed by atoms with van der Waals surface area (Å²) in [6.07, 6.45) is 1.97. The van der Waals surface area contributed by atoms with Gasteiger partial charge < -0.3 is 5.32 Å². The summed E-state index contributed by atoms with van der Waals surface area (Å²) in [6, 6.07) is 4.29. The molecule has 0 saturated carbocycles. The Hall–Kier alpha value is -1.19. The summed E-state index contributed by atoms with van der Waals surface area (Å²) in [5.74, 6) is 0. The number of likely N-dealkylation sites (N-methyl/N-ethyl adjacent to an activating group) is 1. The van der Waals surface area contributed by atoms with Crippen LogP contribution in [0.15, 0.2) is 30.5 Å². The Bertz CT molecular complexity index is 415. The number of hydrogen-bond acceptors (Lipinski definition) is 3. The molecule has 0 unspecified atom stereocenters. The van der Waals surface area contributed by atoms with Gasteiger partial charge in [-0.2, -0.15) is 0 Å². The van der Waals surface area contributed by atoms with E-state index in [0.717, 1.165) is 31.9 Å². The van der Waals surface area contributed by atoms with Gasteiger partial charge in [-0.05, 0) is 45.9 Å². The van der Waals surface area contributed by atoms with Crippen LogP contribution in [-0.4, -0.2) is 28.5 Å². The zero-order valence-electron chi connectivity index (χ0n) is 13.7. The molecule has 0 atom stereocenters. The topological polar surface area (TPSA) is 28.2 Å². The van der Waals surface area contributed by atoms with Gasteiger partial charge in [-0.15, -0.1) is 0 Å². The van der Waals surface area contributed by atoms with Crippen LogP contribution < -0.4 is 5.32 Å². The highest BCUT2D eigenvalue weighted by Crippen LogP contribution is 2.07. The molecule has 0 amide bonds. The minimum Gasteiger partial charge on any atom is -0.308 e. The Labute approximate surface area is 124 Å². The lowest BCUT2D eigenvalue weighted by atomic mass is 10.1. The van der Waals surface area contributed by atoms with E-state index in [2.05, 4.69) is 68.5 Å². The molecule has 1 N–H and O–H groups in total. The van der Waals surface area contributed by atoms with Gasteiger partial charge in [0, 0.05) is 31.4 Å². The van der Waals surface area contributed by atoms with Gasteiger partial charge >= 0.3 is 0 Å². The summed E-state index contributed by atoms with van der Waals surface area (Å²) < 4.78 is 0. The molecule has 0 aromatic carbocycles. The monoisotopic (exact) mass is 275 g/mol. The van der Waals surface area contributed by atoms with Crippen molar-refractivity contribution in [3.63, 3.8) is 0 Å². The van der Waals surface area contributed by atoms with Crippen LogP contribution in [0.25, 0.3) is 0 Å². The quantitative estimate of drug-likeness (QED) is 0.773. The SMILES string of the molecule is C=C(C)CN(CC)Cc1ccc(CNC(C)(C)C)cn1. The first-order chi connectivity index (χ1) is 9.30. The van der Waals surface area contributed by atoms with Crippen molar-refractivity contribution in [2.45, 2.75) is 53.2 Å². The fraction of sp³-hybridized carbons (Fsp3) is 0.588. The Kier molecular flexibility index (Phi) is 6.37. The first-order valence-corrected chi connectivity index (χ1v) is 7.35. The minimum atomic E-state index is 0.138. The van der Waals surface area contributed by atoms with Gasteiger partial charge in [0.15, 0.2) is 0 Å². The number of aromatic nitrogens is 1. The van der Waals surface area contributed by atoms with Crippen LogP contribution in [0.4, 0.5) is 0 Å². The molecule has 1 rings (SSSR count). The lowest BCUT2D eigenvalue weighted by Gasteiger charge is -2.21. The highest BCUT2D eigenvalue weighted by atomic mass is 15.1. The van der Waals surface area contributed by atoms with Crippen molar-refractivity contribution in [2.24, 2.45) is 0 Å². The van der Waals surface area contributed by atoms with Crippen LogP contribution >= 0.6 is 0 Å². The Morgan fingerprint density at radius 3 is 2.50 bits per heavy atom. The normalized spacial score (nSPS) is 11.9. The van der Waals surface area contributed by atoms with E-state index in [9.17, 15) is 0 Å². The van der Waals surface area contributed by atoms with Gasteiger partial charge in [0.05, 0.1) is 5.69 Å². The summed E-state index contributed by atoms with van der Waals surface area (Å²) in [6.45, 7) is 18.4. The molecule has 3 nitrogen and oxygen atoms in total. The van der Waals surface area contributed by atoms with Crippen LogP contribution in [0.2, 0.25) is 0 Å². The van der Waals surface area contributed by atoms with Gasteiger partial charge in [-0.25, -0.2) is 0 Å². The summed E-state index contributed by atoms with van der Waals surface area (Å²) in [4.78, 5) is 6.91. The summed E-state index contributed by atoms with van der Waals surface area (Å²) in [7, 11) is 0. The maximum absolute atomic E-state index is 4.56. The number of nitrogens with one attached hydrogen (secondary N) is 1. The molecule has 0 aliphatic rings. The van der Waals surface area contributed by atoms with Crippen LogP contribution in [0.1, 0.15) is 45.9 Å². The van der Waals surface area contributed by atoms with Crippen molar-refractivity contribution in [3.05, 3.63) is 41.7 Å².